The lowest BCUT2D eigenvalue weighted by Crippen LogP contribution is -2.38. The molecule has 1 aromatic rings. The average Bonchev–Trinajstić information content (AvgIpc) is 2.45. The van der Waals surface area contributed by atoms with Gasteiger partial charge in [-0.2, -0.15) is 0 Å². The van der Waals surface area contributed by atoms with E-state index in [-0.39, 0.29) is 11.5 Å². The molecule has 0 amide bonds. The van der Waals surface area contributed by atoms with Crippen LogP contribution in [0, 0.1) is 12.3 Å². The third-order valence-electron chi connectivity index (χ3n) is 3.41. The molecule has 2 N–H and O–H groups in total. The molecule has 0 aliphatic heterocycles. The van der Waals surface area contributed by atoms with Crippen molar-refractivity contribution in [3.05, 3.63) is 18.0 Å². The number of aryl methyl sites for hydroxylation is 1. The van der Waals surface area contributed by atoms with Crippen LogP contribution in [0.3, 0.4) is 0 Å². The van der Waals surface area contributed by atoms with Gasteiger partial charge in [-0.3, -0.25) is 0 Å². The predicted molar refractivity (Wildman–Crippen MR) is 67.4 cm³/mol. The van der Waals surface area contributed by atoms with E-state index in [0.717, 1.165) is 17.3 Å². The summed E-state index contributed by atoms with van der Waals surface area (Å²) in [7, 11) is 0. The molecule has 88 valence electrons. The summed E-state index contributed by atoms with van der Waals surface area (Å²) in [5.74, 6) is 0. The lowest BCUT2D eigenvalue weighted by Gasteiger charge is -2.26. The maximum atomic E-state index is 6.27. The zero-order valence-corrected chi connectivity index (χ0v) is 10.9. The fourth-order valence-electron chi connectivity index (χ4n) is 2.11. The highest BCUT2D eigenvalue weighted by Gasteiger charge is 2.40. The Hall–Kier alpha value is -0.610. The summed E-state index contributed by atoms with van der Waals surface area (Å²) in [5.41, 5.74) is 7.53. The monoisotopic (exact) mass is 237 g/mol. The highest BCUT2D eigenvalue weighted by Crippen LogP contribution is 2.43. The molecule has 3 nitrogen and oxygen atoms in total. The molecule has 0 radical (unpaired) electrons. The van der Waals surface area contributed by atoms with Crippen LogP contribution in [0.2, 0.25) is 0 Å². The van der Waals surface area contributed by atoms with Gasteiger partial charge in [0.25, 0.3) is 0 Å². The van der Waals surface area contributed by atoms with E-state index < -0.39 is 0 Å². The van der Waals surface area contributed by atoms with Crippen LogP contribution in [0.5, 0.6) is 0 Å². The number of aromatic nitrogens is 2. The molecule has 0 bridgehead atoms. The molecule has 1 fully saturated rings. The molecular weight excluding hydrogens is 218 g/mol. The first kappa shape index (κ1) is 11.9. The van der Waals surface area contributed by atoms with Crippen LogP contribution in [0.25, 0.3) is 0 Å². The molecule has 4 heteroatoms. The van der Waals surface area contributed by atoms with Gasteiger partial charge in [-0.15, -0.1) is 0 Å². The van der Waals surface area contributed by atoms with E-state index in [1.54, 1.807) is 11.8 Å². The van der Waals surface area contributed by atoms with Crippen molar-refractivity contribution < 1.29 is 0 Å². The average molecular weight is 237 g/mol. The maximum absolute atomic E-state index is 6.27. The third kappa shape index (κ3) is 2.38. The number of nitrogens with zero attached hydrogens (tertiary/aromatic N) is 2. The van der Waals surface area contributed by atoms with Gasteiger partial charge in [-0.1, -0.05) is 25.6 Å². The summed E-state index contributed by atoms with van der Waals surface area (Å²) in [6.45, 7) is 6.48. The Kier molecular flexibility index (Phi) is 3.22. The molecule has 2 atom stereocenters. The van der Waals surface area contributed by atoms with Crippen molar-refractivity contribution in [1.82, 2.24) is 9.97 Å². The summed E-state index contributed by atoms with van der Waals surface area (Å²) in [5, 5.41) is 1.31. The maximum Gasteiger partial charge on any atom is 0.188 e. The van der Waals surface area contributed by atoms with E-state index in [1.807, 2.05) is 19.2 Å². The van der Waals surface area contributed by atoms with Gasteiger partial charge in [0.1, 0.15) is 0 Å². The Morgan fingerprint density at radius 2 is 2.25 bits per heavy atom. The van der Waals surface area contributed by atoms with Crippen LogP contribution < -0.4 is 5.73 Å². The van der Waals surface area contributed by atoms with Gasteiger partial charge < -0.3 is 5.73 Å². The minimum Gasteiger partial charge on any atom is -0.326 e. The van der Waals surface area contributed by atoms with Crippen molar-refractivity contribution in [2.75, 3.05) is 0 Å². The summed E-state index contributed by atoms with van der Waals surface area (Å²) in [6, 6.07) is 2.16. The highest BCUT2D eigenvalue weighted by molar-refractivity contribution is 7.99. The Bertz CT molecular complexity index is 378. The van der Waals surface area contributed by atoms with Crippen molar-refractivity contribution in [3.63, 3.8) is 0 Å². The van der Waals surface area contributed by atoms with Crippen LogP contribution >= 0.6 is 11.8 Å². The second-order valence-electron chi connectivity index (χ2n) is 5.19. The van der Waals surface area contributed by atoms with Crippen molar-refractivity contribution in [2.24, 2.45) is 11.1 Å². The molecule has 16 heavy (non-hydrogen) atoms. The first-order chi connectivity index (χ1) is 7.49. The lowest BCUT2D eigenvalue weighted by atomic mass is 9.88. The van der Waals surface area contributed by atoms with Gasteiger partial charge in [0.15, 0.2) is 5.16 Å². The van der Waals surface area contributed by atoms with E-state index in [4.69, 9.17) is 5.73 Å². The number of thioether (sulfide) groups is 1. The van der Waals surface area contributed by atoms with Gasteiger partial charge in [0.2, 0.25) is 0 Å². The fourth-order valence-corrected chi connectivity index (χ4v) is 3.45. The molecule has 1 aliphatic carbocycles. The molecule has 0 aromatic carbocycles. The minimum absolute atomic E-state index is 0.238. The minimum atomic E-state index is 0.238. The molecule has 0 saturated heterocycles. The van der Waals surface area contributed by atoms with E-state index in [0.29, 0.717) is 5.25 Å². The molecule has 1 heterocycles. The van der Waals surface area contributed by atoms with Gasteiger partial charge in [-0.05, 0) is 31.2 Å². The summed E-state index contributed by atoms with van der Waals surface area (Å²) >= 11 is 1.73. The largest absolute Gasteiger partial charge is 0.326 e. The van der Waals surface area contributed by atoms with Gasteiger partial charge >= 0.3 is 0 Å². The predicted octanol–water partition coefficient (Wildman–Crippen LogP) is 2.39. The van der Waals surface area contributed by atoms with E-state index >= 15 is 0 Å². The van der Waals surface area contributed by atoms with Crippen LogP contribution in [-0.4, -0.2) is 21.3 Å². The smallest absolute Gasteiger partial charge is 0.188 e. The molecule has 0 spiro atoms. The SMILES string of the molecule is Cc1ccnc(SC2CCC(C)(C)C2N)n1. The summed E-state index contributed by atoms with van der Waals surface area (Å²) in [6.07, 6.45) is 4.17. The third-order valence-corrected chi connectivity index (χ3v) is 4.64. The number of hydrogen-bond donors (Lipinski definition) is 1. The quantitative estimate of drug-likeness (QED) is 0.802. The second-order valence-corrected chi connectivity index (χ2v) is 6.40. The normalized spacial score (nSPS) is 28.2. The fraction of sp³-hybridized carbons (Fsp3) is 0.667. The standard InChI is InChI=1S/C12H19N3S/c1-8-5-7-14-11(15-8)16-9-4-6-12(2,3)10(9)13/h5,7,9-10H,4,6,13H2,1-3H3. The first-order valence-corrected chi connectivity index (χ1v) is 6.59. The zero-order chi connectivity index (χ0) is 11.8. The Labute approximate surface area is 101 Å². The Balaban J connectivity index is 2.06. The van der Waals surface area contributed by atoms with E-state index in [1.165, 1.54) is 6.42 Å². The van der Waals surface area contributed by atoms with Crippen LogP contribution in [0.1, 0.15) is 32.4 Å². The first-order valence-electron chi connectivity index (χ1n) is 5.71. The molecule has 1 aromatic heterocycles. The number of rotatable bonds is 2. The molecule has 1 aliphatic rings. The topological polar surface area (TPSA) is 51.8 Å². The lowest BCUT2D eigenvalue weighted by molar-refractivity contribution is 0.334. The van der Waals surface area contributed by atoms with Crippen LogP contribution in [0.15, 0.2) is 17.4 Å². The van der Waals surface area contributed by atoms with Crippen molar-refractivity contribution in [2.45, 2.75) is 50.1 Å². The summed E-state index contributed by atoms with van der Waals surface area (Å²) < 4.78 is 0. The Morgan fingerprint density at radius 3 is 2.81 bits per heavy atom. The Morgan fingerprint density at radius 1 is 1.50 bits per heavy atom. The number of hydrogen-bond acceptors (Lipinski definition) is 4. The van der Waals surface area contributed by atoms with E-state index in [2.05, 4.69) is 23.8 Å². The number of nitrogens with two attached hydrogens (primary N) is 1. The second kappa shape index (κ2) is 4.34. The van der Waals surface area contributed by atoms with Crippen molar-refractivity contribution >= 4 is 11.8 Å². The van der Waals surface area contributed by atoms with Crippen LogP contribution in [-0.2, 0) is 0 Å². The van der Waals surface area contributed by atoms with E-state index in [9.17, 15) is 0 Å². The van der Waals surface area contributed by atoms with Crippen molar-refractivity contribution in [3.8, 4) is 0 Å². The van der Waals surface area contributed by atoms with Gasteiger partial charge in [0, 0.05) is 23.2 Å². The molecule has 1 saturated carbocycles. The van der Waals surface area contributed by atoms with Crippen molar-refractivity contribution in [1.29, 1.82) is 0 Å². The molecule has 2 unspecified atom stereocenters. The van der Waals surface area contributed by atoms with Gasteiger partial charge in [0.05, 0.1) is 0 Å². The summed E-state index contributed by atoms with van der Waals surface area (Å²) in [4.78, 5) is 8.70. The molecular formula is C12H19N3S. The zero-order valence-electron chi connectivity index (χ0n) is 10.1. The highest BCUT2D eigenvalue weighted by atomic mass is 32.2. The van der Waals surface area contributed by atoms with Gasteiger partial charge in [-0.25, -0.2) is 9.97 Å². The molecule has 2 rings (SSSR count). The van der Waals surface area contributed by atoms with Crippen LogP contribution in [0.4, 0.5) is 0 Å².